The molecular weight excluding hydrogens is 381 g/mol. The molecule has 2 aromatic carbocycles. The minimum absolute atomic E-state index is 0.336. The molecule has 0 bridgehead atoms. The highest BCUT2D eigenvalue weighted by Gasteiger charge is 2.18. The van der Waals surface area contributed by atoms with Crippen molar-refractivity contribution < 1.29 is 26.4 Å². The highest BCUT2D eigenvalue weighted by Crippen LogP contribution is 2.24. The molecule has 0 aliphatic heterocycles. The zero-order chi connectivity index (χ0) is 19.8. The number of sulfonamides is 1. The molecule has 1 amide bonds. The molecule has 2 N–H and O–H groups in total. The summed E-state index contributed by atoms with van der Waals surface area (Å²) in [7, 11) is -4.47. The normalized spacial score (nSPS) is 12.0. The lowest BCUT2D eigenvalue weighted by Gasteiger charge is -2.05. The number of rotatable bonds is 4. The second-order valence-electron chi connectivity index (χ2n) is 5.80. The molecule has 0 spiro atoms. The van der Waals surface area contributed by atoms with Crippen molar-refractivity contribution in [1.82, 2.24) is 9.71 Å². The fourth-order valence-corrected chi connectivity index (χ4v) is 3.55. The number of hydrogen-bond acceptors (Lipinski definition) is 3. The fraction of sp³-hybridized carbons (Fsp3) is 0.0556. The van der Waals surface area contributed by atoms with Crippen molar-refractivity contribution in [3.8, 4) is 0 Å². The summed E-state index contributed by atoms with van der Waals surface area (Å²) >= 11 is 0. The molecule has 0 fully saturated rings. The van der Waals surface area contributed by atoms with Crippen LogP contribution in [0.5, 0.6) is 0 Å². The van der Waals surface area contributed by atoms with Gasteiger partial charge in [0.2, 0.25) is 0 Å². The Morgan fingerprint density at radius 2 is 1.67 bits per heavy atom. The summed E-state index contributed by atoms with van der Waals surface area (Å²) in [6.45, 7) is 1.78. The fourth-order valence-electron chi connectivity index (χ4n) is 2.56. The number of H-pyrrole nitrogens is 1. The maximum atomic E-state index is 13.7. The molecule has 9 heteroatoms. The average molecular weight is 394 g/mol. The summed E-state index contributed by atoms with van der Waals surface area (Å²) in [5.74, 6) is -3.77. The number of amides is 1. The van der Waals surface area contributed by atoms with E-state index < -0.39 is 38.3 Å². The van der Waals surface area contributed by atoms with E-state index in [1.54, 1.807) is 17.8 Å². The first kappa shape index (κ1) is 18.7. The van der Waals surface area contributed by atoms with Crippen LogP contribution in [0, 0.1) is 24.4 Å². The topological polar surface area (TPSA) is 79.0 Å². The number of carbonyl (C=O) groups is 1. The van der Waals surface area contributed by atoms with Crippen molar-refractivity contribution in [3.63, 3.8) is 0 Å². The van der Waals surface area contributed by atoms with Crippen LogP contribution in [0.25, 0.3) is 17.0 Å². The number of fused-ring (bicyclic) bond motifs is 1. The van der Waals surface area contributed by atoms with Gasteiger partial charge in [0.1, 0.15) is 17.5 Å². The molecule has 1 heterocycles. The predicted octanol–water partition coefficient (Wildman–Crippen LogP) is 3.41. The molecule has 0 saturated heterocycles. The zero-order valence-corrected chi connectivity index (χ0v) is 14.7. The summed E-state index contributed by atoms with van der Waals surface area (Å²) in [5.41, 5.74) is 1.72. The van der Waals surface area contributed by atoms with Crippen LogP contribution in [0.1, 0.15) is 11.1 Å². The molecule has 0 unspecified atom stereocenters. The molecule has 0 aliphatic rings. The number of nitrogens with one attached hydrogen (secondary N) is 2. The van der Waals surface area contributed by atoms with Gasteiger partial charge in [0.05, 0.1) is 10.4 Å². The summed E-state index contributed by atoms with van der Waals surface area (Å²) in [6, 6.07) is 4.19. The van der Waals surface area contributed by atoms with E-state index in [4.69, 9.17) is 0 Å². The molecule has 1 aromatic heterocycles. The SMILES string of the molecule is Cc1c[nH]c2c(C=CC(=O)NS(=O)(=O)c3cc(F)cc(F)c3)cc(F)cc12. The van der Waals surface area contributed by atoms with E-state index in [0.717, 1.165) is 11.6 Å². The van der Waals surface area contributed by atoms with E-state index in [1.807, 2.05) is 0 Å². The third-order valence-electron chi connectivity index (χ3n) is 3.79. The number of aryl methyl sites for hydroxylation is 1. The predicted molar refractivity (Wildman–Crippen MR) is 93.7 cm³/mol. The number of hydrogen-bond donors (Lipinski definition) is 2. The number of aromatic nitrogens is 1. The molecule has 3 rings (SSSR count). The van der Waals surface area contributed by atoms with Crippen molar-refractivity contribution in [2.45, 2.75) is 11.8 Å². The Morgan fingerprint density at radius 3 is 2.33 bits per heavy atom. The van der Waals surface area contributed by atoms with E-state index in [0.29, 0.717) is 34.7 Å². The molecule has 0 saturated carbocycles. The standard InChI is InChI=1S/C18H13F3N2O3S/c1-10-9-22-18-11(4-12(19)8-16(10)18)2-3-17(24)23-27(25,26)15-6-13(20)5-14(21)7-15/h2-9,22H,1H3,(H,23,24). The van der Waals surface area contributed by atoms with Crippen molar-refractivity contribution >= 4 is 32.9 Å². The summed E-state index contributed by atoms with van der Waals surface area (Å²) in [4.78, 5) is 14.1. The van der Waals surface area contributed by atoms with Gasteiger partial charge >= 0.3 is 0 Å². The first-order valence-electron chi connectivity index (χ1n) is 7.64. The maximum absolute atomic E-state index is 13.7. The molecule has 27 heavy (non-hydrogen) atoms. The van der Waals surface area contributed by atoms with Crippen molar-refractivity contribution in [2.75, 3.05) is 0 Å². The van der Waals surface area contributed by atoms with Crippen LogP contribution in [0.15, 0.2) is 47.5 Å². The molecule has 0 atom stereocenters. The maximum Gasteiger partial charge on any atom is 0.264 e. The minimum atomic E-state index is -4.47. The largest absolute Gasteiger partial charge is 0.360 e. The molecule has 0 aliphatic carbocycles. The average Bonchev–Trinajstić information content (AvgIpc) is 2.92. The Hall–Kier alpha value is -3.07. The first-order chi connectivity index (χ1) is 12.7. The van der Waals surface area contributed by atoms with Crippen LogP contribution in [-0.4, -0.2) is 19.3 Å². The number of benzene rings is 2. The lowest BCUT2D eigenvalue weighted by atomic mass is 10.1. The Bertz CT molecular complexity index is 1160. The quantitative estimate of drug-likeness (QED) is 0.666. The molecule has 3 aromatic rings. The monoisotopic (exact) mass is 394 g/mol. The summed E-state index contributed by atoms with van der Waals surface area (Å²) < 4.78 is 65.9. The first-order valence-corrected chi connectivity index (χ1v) is 9.12. The van der Waals surface area contributed by atoms with Gasteiger partial charge in [-0.15, -0.1) is 0 Å². The van der Waals surface area contributed by atoms with Gasteiger partial charge in [0.25, 0.3) is 15.9 Å². The minimum Gasteiger partial charge on any atom is -0.360 e. The molecular formula is C18H13F3N2O3S. The van der Waals surface area contributed by atoms with Crippen LogP contribution in [-0.2, 0) is 14.8 Å². The smallest absolute Gasteiger partial charge is 0.264 e. The van der Waals surface area contributed by atoms with Gasteiger partial charge in [0, 0.05) is 29.3 Å². The lowest BCUT2D eigenvalue weighted by Crippen LogP contribution is -2.29. The number of carbonyl (C=O) groups excluding carboxylic acids is 1. The van der Waals surface area contributed by atoms with Crippen LogP contribution in [0.2, 0.25) is 0 Å². The van der Waals surface area contributed by atoms with Crippen molar-refractivity contribution in [2.24, 2.45) is 0 Å². The molecule has 5 nitrogen and oxygen atoms in total. The van der Waals surface area contributed by atoms with Gasteiger partial charge in [-0.25, -0.2) is 26.3 Å². The van der Waals surface area contributed by atoms with Gasteiger partial charge in [-0.1, -0.05) is 0 Å². The van der Waals surface area contributed by atoms with E-state index in [1.165, 1.54) is 18.2 Å². The Morgan fingerprint density at radius 1 is 1.04 bits per heavy atom. The summed E-state index contributed by atoms with van der Waals surface area (Å²) in [6.07, 6.45) is 3.79. The second kappa shape index (κ2) is 6.92. The van der Waals surface area contributed by atoms with Crippen molar-refractivity contribution in [3.05, 3.63) is 71.2 Å². The van der Waals surface area contributed by atoms with Gasteiger partial charge in [-0.05, 0) is 42.8 Å². The van der Waals surface area contributed by atoms with Crippen molar-refractivity contribution in [1.29, 1.82) is 0 Å². The lowest BCUT2D eigenvalue weighted by molar-refractivity contribution is -0.114. The van der Waals surface area contributed by atoms with Crippen LogP contribution >= 0.6 is 0 Å². The number of aromatic amines is 1. The van der Waals surface area contributed by atoms with Crippen LogP contribution in [0.4, 0.5) is 13.2 Å². The van der Waals surface area contributed by atoms with E-state index in [2.05, 4.69) is 4.98 Å². The molecule has 0 radical (unpaired) electrons. The van der Waals surface area contributed by atoms with E-state index in [-0.39, 0.29) is 0 Å². The Kier molecular flexibility index (Phi) is 4.79. The van der Waals surface area contributed by atoms with Gasteiger partial charge in [-0.2, -0.15) is 0 Å². The van der Waals surface area contributed by atoms with E-state index in [9.17, 15) is 26.4 Å². The third-order valence-corrected chi connectivity index (χ3v) is 5.11. The van der Waals surface area contributed by atoms with Crippen LogP contribution < -0.4 is 4.72 Å². The Labute approximate surface area is 152 Å². The van der Waals surface area contributed by atoms with E-state index >= 15 is 0 Å². The highest BCUT2D eigenvalue weighted by atomic mass is 32.2. The molecule has 140 valence electrons. The third kappa shape index (κ3) is 4.03. The summed E-state index contributed by atoms with van der Waals surface area (Å²) in [5, 5.41) is 0.623. The zero-order valence-electron chi connectivity index (χ0n) is 13.9. The second-order valence-corrected chi connectivity index (χ2v) is 7.48. The van der Waals surface area contributed by atoms with Gasteiger partial charge in [0.15, 0.2) is 0 Å². The Balaban J connectivity index is 1.85. The van der Waals surface area contributed by atoms with Gasteiger partial charge < -0.3 is 4.98 Å². The highest BCUT2D eigenvalue weighted by molar-refractivity contribution is 7.90. The van der Waals surface area contributed by atoms with Gasteiger partial charge in [-0.3, -0.25) is 4.79 Å². The number of halogens is 3. The van der Waals surface area contributed by atoms with Crippen LogP contribution in [0.3, 0.4) is 0 Å².